The number of likely N-dealkylation sites (N-methyl/N-ethyl adjacent to an activating group) is 1. The van der Waals surface area contributed by atoms with Crippen LogP contribution >= 0.6 is 22.9 Å². The lowest BCUT2D eigenvalue weighted by atomic mass is 10.0. The van der Waals surface area contributed by atoms with E-state index in [9.17, 15) is 4.39 Å². The zero-order valence-electron chi connectivity index (χ0n) is 21.1. The number of fused-ring (bicyclic) bond motifs is 2. The first-order chi connectivity index (χ1) is 18.3. The Morgan fingerprint density at radius 1 is 1.21 bits per heavy atom. The monoisotopic (exact) mass is 559 g/mol. The Hall–Kier alpha value is -2.86. The minimum Gasteiger partial charge on any atom is -0.462 e. The number of thiazole rings is 1. The summed E-state index contributed by atoms with van der Waals surface area (Å²) < 4.78 is 37.2. The van der Waals surface area contributed by atoms with E-state index in [2.05, 4.69) is 39.1 Å². The van der Waals surface area contributed by atoms with Crippen LogP contribution in [0.1, 0.15) is 19.8 Å². The summed E-state index contributed by atoms with van der Waals surface area (Å²) >= 11 is 7.73. The second-order valence-electron chi connectivity index (χ2n) is 9.99. The maximum Gasteiger partial charge on any atom is 0.319 e. The van der Waals surface area contributed by atoms with Gasteiger partial charge in [0.15, 0.2) is 10.9 Å². The molecule has 2 aliphatic heterocycles. The molecule has 2 saturated heterocycles. The van der Waals surface area contributed by atoms with Gasteiger partial charge in [0, 0.05) is 48.2 Å². The third-order valence-electron chi connectivity index (χ3n) is 7.37. The molecule has 3 N–H and O–H groups in total. The van der Waals surface area contributed by atoms with Gasteiger partial charge >= 0.3 is 6.01 Å². The van der Waals surface area contributed by atoms with Crippen LogP contribution in [0.5, 0.6) is 6.01 Å². The fourth-order valence-corrected chi connectivity index (χ4v) is 6.45. The molecule has 2 unspecified atom stereocenters. The van der Waals surface area contributed by atoms with Crippen LogP contribution in [0.25, 0.3) is 32.2 Å². The zero-order chi connectivity index (χ0) is 26.6. The van der Waals surface area contributed by atoms with Gasteiger partial charge in [-0.3, -0.25) is 0 Å². The number of hydrogen-bond acceptors (Lipinski definition) is 9. The molecule has 0 aliphatic carbocycles. The topological polar surface area (TPSA) is 92.4 Å². The molecule has 0 amide bonds. The highest BCUT2D eigenvalue weighted by atomic mass is 35.5. The van der Waals surface area contributed by atoms with Crippen molar-refractivity contribution in [3.05, 3.63) is 34.9 Å². The Balaban J connectivity index is 1.51. The van der Waals surface area contributed by atoms with Crippen molar-refractivity contribution >= 4 is 55.0 Å². The molecule has 2 aromatic heterocycles. The van der Waals surface area contributed by atoms with Crippen LogP contribution in [0, 0.1) is 11.6 Å². The van der Waals surface area contributed by atoms with Crippen LogP contribution in [0.4, 0.5) is 19.7 Å². The number of ether oxygens (including phenoxy) is 1. The normalized spacial score (nSPS) is 20.6. The standard InChI is InChI=1S/C26H28ClF2N7OS/c1-13-11-36(9-7-31-13)24-16-10-17(27)19(15-5-6-18(28)23-22(15)32-25(30)38-23)20(29)21(16)33-26(34-24)37-12-14-4-3-8-35(14)2/h5-6,10,13-14,31H,3-4,7-9,11-12H2,1-2H3,(H2,30,32). The molecular formula is C26H28ClF2N7OS. The number of halogens is 3. The number of nitrogens with zero attached hydrogens (tertiary/aromatic N) is 5. The van der Waals surface area contributed by atoms with E-state index < -0.39 is 11.6 Å². The molecule has 0 spiro atoms. The molecule has 2 fully saturated rings. The van der Waals surface area contributed by atoms with Crippen LogP contribution in [0.2, 0.25) is 5.02 Å². The van der Waals surface area contributed by atoms with Crippen molar-refractivity contribution in [1.82, 2.24) is 25.2 Å². The van der Waals surface area contributed by atoms with Crippen molar-refractivity contribution in [2.45, 2.75) is 31.8 Å². The van der Waals surface area contributed by atoms with Gasteiger partial charge in [-0.1, -0.05) is 22.9 Å². The lowest BCUT2D eigenvalue weighted by Crippen LogP contribution is -2.49. The summed E-state index contributed by atoms with van der Waals surface area (Å²) in [6, 6.07) is 5.03. The van der Waals surface area contributed by atoms with E-state index in [1.165, 1.54) is 12.1 Å². The number of aromatic nitrogens is 3. The Morgan fingerprint density at radius 2 is 2.05 bits per heavy atom. The molecule has 2 atom stereocenters. The summed E-state index contributed by atoms with van der Waals surface area (Å²) in [5, 5.41) is 4.26. The SMILES string of the molecule is CC1CN(c2nc(OCC3CCCN3C)nc3c(F)c(-c4ccc(F)c5sc(N)nc45)c(Cl)cc23)CCN1. The van der Waals surface area contributed by atoms with E-state index in [4.69, 9.17) is 27.1 Å². The van der Waals surface area contributed by atoms with Crippen LogP contribution in [-0.2, 0) is 0 Å². The molecule has 0 saturated carbocycles. The van der Waals surface area contributed by atoms with E-state index in [1.807, 2.05) is 0 Å². The summed E-state index contributed by atoms with van der Waals surface area (Å²) in [5.74, 6) is -0.533. The minimum absolute atomic E-state index is 0.0919. The zero-order valence-corrected chi connectivity index (χ0v) is 22.7. The van der Waals surface area contributed by atoms with Crippen LogP contribution in [-0.4, -0.2) is 71.8 Å². The highest BCUT2D eigenvalue weighted by Crippen LogP contribution is 2.42. The summed E-state index contributed by atoms with van der Waals surface area (Å²) in [5.41, 5.74) is 6.66. The average Bonchev–Trinajstić information content (AvgIpc) is 3.49. The summed E-state index contributed by atoms with van der Waals surface area (Å²) in [6.45, 7) is 5.67. The molecule has 6 rings (SSSR count). The maximum atomic E-state index is 16.4. The van der Waals surface area contributed by atoms with E-state index >= 15 is 4.39 Å². The molecule has 2 aromatic carbocycles. The van der Waals surface area contributed by atoms with Crippen LogP contribution in [0.15, 0.2) is 18.2 Å². The van der Waals surface area contributed by atoms with Gasteiger partial charge in [-0.05, 0) is 51.6 Å². The molecule has 4 aromatic rings. The fourth-order valence-electron chi connectivity index (χ4n) is 5.39. The van der Waals surface area contributed by atoms with Gasteiger partial charge in [-0.25, -0.2) is 13.8 Å². The first-order valence-corrected chi connectivity index (χ1v) is 13.9. The van der Waals surface area contributed by atoms with E-state index in [0.717, 1.165) is 37.3 Å². The quantitative estimate of drug-likeness (QED) is 0.364. The van der Waals surface area contributed by atoms with E-state index in [1.54, 1.807) is 6.07 Å². The van der Waals surface area contributed by atoms with Crippen molar-refractivity contribution in [3.8, 4) is 17.1 Å². The first-order valence-electron chi connectivity index (χ1n) is 12.7. The van der Waals surface area contributed by atoms with Gasteiger partial charge < -0.3 is 25.6 Å². The average molecular weight is 560 g/mol. The predicted octanol–water partition coefficient (Wildman–Crippen LogP) is 4.69. The van der Waals surface area contributed by atoms with E-state index in [-0.39, 0.29) is 49.5 Å². The molecule has 8 nitrogen and oxygen atoms in total. The number of nitrogens with one attached hydrogen (secondary N) is 1. The van der Waals surface area contributed by atoms with E-state index in [0.29, 0.717) is 36.5 Å². The highest BCUT2D eigenvalue weighted by molar-refractivity contribution is 7.22. The molecule has 38 heavy (non-hydrogen) atoms. The molecule has 2 aliphatic rings. The van der Waals surface area contributed by atoms with Crippen molar-refractivity contribution in [3.63, 3.8) is 0 Å². The summed E-state index contributed by atoms with van der Waals surface area (Å²) in [6.07, 6.45) is 2.13. The van der Waals surface area contributed by atoms with Gasteiger partial charge in [-0.15, -0.1) is 0 Å². The lowest BCUT2D eigenvalue weighted by molar-refractivity contribution is 0.188. The van der Waals surface area contributed by atoms with Gasteiger partial charge in [0.05, 0.1) is 15.2 Å². The van der Waals surface area contributed by atoms with Crippen molar-refractivity contribution in [1.29, 1.82) is 0 Å². The number of piperazine rings is 1. The molecule has 12 heteroatoms. The van der Waals surface area contributed by atoms with Crippen molar-refractivity contribution in [2.75, 3.05) is 50.5 Å². The summed E-state index contributed by atoms with van der Waals surface area (Å²) in [7, 11) is 2.07. The third-order valence-corrected chi connectivity index (χ3v) is 8.56. The number of anilines is 2. The minimum atomic E-state index is -0.637. The smallest absolute Gasteiger partial charge is 0.319 e. The second kappa shape index (κ2) is 10.0. The molecule has 200 valence electrons. The number of hydrogen-bond donors (Lipinski definition) is 2. The number of likely N-dealkylation sites (tertiary alicyclic amines) is 1. The molecule has 0 bridgehead atoms. The fraction of sp³-hybridized carbons (Fsp3) is 0.423. The van der Waals surface area contributed by atoms with Crippen molar-refractivity contribution < 1.29 is 13.5 Å². The Kier molecular flexibility index (Phi) is 6.71. The first kappa shape index (κ1) is 25.4. The number of nitrogens with two attached hydrogens (primary N) is 1. The predicted molar refractivity (Wildman–Crippen MR) is 148 cm³/mol. The lowest BCUT2D eigenvalue weighted by Gasteiger charge is -2.33. The Bertz CT molecular complexity index is 1530. The van der Waals surface area contributed by atoms with Gasteiger partial charge in [0.1, 0.15) is 23.8 Å². The molecule has 4 heterocycles. The number of benzene rings is 2. The second-order valence-corrected chi connectivity index (χ2v) is 11.4. The number of rotatable bonds is 5. The maximum absolute atomic E-state index is 16.4. The van der Waals surface area contributed by atoms with Crippen LogP contribution < -0.4 is 20.7 Å². The largest absolute Gasteiger partial charge is 0.462 e. The third kappa shape index (κ3) is 4.51. The molecular weight excluding hydrogens is 532 g/mol. The van der Waals surface area contributed by atoms with Gasteiger partial charge in [0.25, 0.3) is 0 Å². The highest BCUT2D eigenvalue weighted by Gasteiger charge is 2.27. The summed E-state index contributed by atoms with van der Waals surface area (Å²) in [4.78, 5) is 17.9. The van der Waals surface area contributed by atoms with Crippen molar-refractivity contribution in [2.24, 2.45) is 0 Å². The van der Waals surface area contributed by atoms with Crippen LogP contribution in [0.3, 0.4) is 0 Å². The van der Waals surface area contributed by atoms with Gasteiger partial charge in [0.2, 0.25) is 0 Å². The number of nitrogen functional groups attached to an aromatic ring is 1. The Morgan fingerprint density at radius 3 is 2.82 bits per heavy atom. The molecule has 0 radical (unpaired) electrons. The van der Waals surface area contributed by atoms with Gasteiger partial charge in [-0.2, -0.15) is 9.97 Å². The Labute approximate surface area is 227 Å².